The summed E-state index contributed by atoms with van der Waals surface area (Å²) in [6, 6.07) is 0.758. The molecule has 0 radical (unpaired) electrons. The van der Waals surface area contributed by atoms with E-state index in [0.717, 1.165) is 25.0 Å². The maximum Gasteiger partial charge on any atom is 0.107 e. The highest BCUT2D eigenvalue weighted by Gasteiger charge is 2.36. The van der Waals surface area contributed by atoms with E-state index in [1.165, 1.54) is 41.5 Å². The highest BCUT2D eigenvalue weighted by atomic mass is 32.1. The molecule has 1 aliphatic carbocycles. The number of piperazine rings is 1. The Hall–Kier alpha value is -0.450. The first-order valence-electron chi connectivity index (χ1n) is 6.61. The number of nitrogens with one attached hydrogen (secondary N) is 1. The predicted molar refractivity (Wildman–Crippen MR) is 71.4 cm³/mol. The van der Waals surface area contributed by atoms with Gasteiger partial charge in [0.05, 0.1) is 12.2 Å². The van der Waals surface area contributed by atoms with Crippen LogP contribution in [-0.4, -0.2) is 35.6 Å². The van der Waals surface area contributed by atoms with Crippen LogP contribution in [0.1, 0.15) is 28.4 Å². The molecule has 2 heterocycles. The summed E-state index contributed by atoms with van der Waals surface area (Å²) in [6.45, 7) is 8.83. The van der Waals surface area contributed by atoms with E-state index in [1.807, 2.05) is 11.3 Å². The van der Waals surface area contributed by atoms with Crippen LogP contribution in [-0.2, 0) is 6.54 Å². The van der Waals surface area contributed by atoms with Crippen LogP contribution < -0.4 is 5.32 Å². The SMILES string of the molecule is Cc1nc(CN2CCNCC2C2CC2)sc1C. The minimum Gasteiger partial charge on any atom is -0.314 e. The third-order valence-corrected chi connectivity index (χ3v) is 5.03. The summed E-state index contributed by atoms with van der Waals surface area (Å²) in [5.74, 6) is 0.949. The monoisotopic (exact) mass is 251 g/mol. The summed E-state index contributed by atoms with van der Waals surface area (Å²) in [5.41, 5.74) is 1.21. The molecule has 2 aliphatic rings. The summed E-state index contributed by atoms with van der Waals surface area (Å²) < 4.78 is 0. The molecule has 2 fully saturated rings. The number of nitrogens with zero attached hydrogens (tertiary/aromatic N) is 2. The lowest BCUT2D eigenvalue weighted by Gasteiger charge is -2.35. The zero-order valence-electron chi connectivity index (χ0n) is 10.7. The molecule has 1 saturated heterocycles. The average molecular weight is 251 g/mol. The predicted octanol–water partition coefficient (Wildman–Crippen LogP) is 1.94. The number of thiazole rings is 1. The van der Waals surface area contributed by atoms with E-state index in [-0.39, 0.29) is 0 Å². The van der Waals surface area contributed by atoms with Gasteiger partial charge in [-0.25, -0.2) is 4.98 Å². The fourth-order valence-electron chi connectivity index (χ4n) is 2.69. The zero-order valence-corrected chi connectivity index (χ0v) is 11.5. The van der Waals surface area contributed by atoms with E-state index >= 15 is 0 Å². The van der Waals surface area contributed by atoms with E-state index < -0.39 is 0 Å². The van der Waals surface area contributed by atoms with Crippen LogP contribution in [0, 0.1) is 19.8 Å². The number of hydrogen-bond acceptors (Lipinski definition) is 4. The van der Waals surface area contributed by atoms with Crippen molar-refractivity contribution < 1.29 is 0 Å². The third-order valence-electron chi connectivity index (χ3n) is 3.98. The van der Waals surface area contributed by atoms with Crippen molar-refractivity contribution in [3.8, 4) is 0 Å². The molecule has 1 aliphatic heterocycles. The maximum absolute atomic E-state index is 4.67. The molecule has 1 atom stereocenters. The average Bonchev–Trinajstić information content (AvgIpc) is 3.09. The van der Waals surface area contributed by atoms with Crippen LogP contribution in [0.2, 0.25) is 0 Å². The Morgan fingerprint density at radius 1 is 1.41 bits per heavy atom. The van der Waals surface area contributed by atoms with Gasteiger partial charge in [-0.3, -0.25) is 4.90 Å². The molecule has 17 heavy (non-hydrogen) atoms. The smallest absolute Gasteiger partial charge is 0.107 e. The molecule has 0 spiro atoms. The molecular weight excluding hydrogens is 230 g/mol. The van der Waals surface area contributed by atoms with Crippen LogP contribution in [0.25, 0.3) is 0 Å². The van der Waals surface area contributed by atoms with E-state index in [2.05, 4.69) is 29.0 Å². The molecule has 4 heteroatoms. The standard InChI is InChI=1S/C13H21N3S/c1-9-10(2)17-13(15-9)8-16-6-5-14-7-12(16)11-3-4-11/h11-12,14H,3-8H2,1-2H3. The zero-order chi connectivity index (χ0) is 11.8. The van der Waals surface area contributed by atoms with Gasteiger partial charge < -0.3 is 5.32 Å². The Morgan fingerprint density at radius 3 is 2.88 bits per heavy atom. The lowest BCUT2D eigenvalue weighted by Crippen LogP contribution is -2.51. The van der Waals surface area contributed by atoms with Crippen molar-refractivity contribution in [1.29, 1.82) is 0 Å². The Morgan fingerprint density at radius 2 is 2.24 bits per heavy atom. The second kappa shape index (κ2) is 4.67. The van der Waals surface area contributed by atoms with Gasteiger partial charge in [-0.1, -0.05) is 0 Å². The van der Waals surface area contributed by atoms with Crippen molar-refractivity contribution in [3.05, 3.63) is 15.6 Å². The second-order valence-corrected chi connectivity index (χ2v) is 6.62. The number of hydrogen-bond donors (Lipinski definition) is 1. The highest BCUT2D eigenvalue weighted by Crippen LogP contribution is 2.36. The molecule has 1 saturated carbocycles. The Labute approximate surface area is 107 Å². The van der Waals surface area contributed by atoms with Gasteiger partial charge in [0.2, 0.25) is 0 Å². The molecule has 1 N–H and O–H groups in total. The van der Waals surface area contributed by atoms with Crippen molar-refractivity contribution in [3.63, 3.8) is 0 Å². The van der Waals surface area contributed by atoms with Gasteiger partial charge >= 0.3 is 0 Å². The minimum absolute atomic E-state index is 0.758. The fourth-order valence-corrected chi connectivity index (χ4v) is 3.65. The van der Waals surface area contributed by atoms with E-state index in [9.17, 15) is 0 Å². The van der Waals surface area contributed by atoms with Gasteiger partial charge in [0.25, 0.3) is 0 Å². The number of aromatic nitrogens is 1. The molecule has 0 aromatic carbocycles. The molecule has 1 aromatic heterocycles. The van der Waals surface area contributed by atoms with Crippen molar-refractivity contribution in [2.75, 3.05) is 19.6 Å². The fraction of sp³-hybridized carbons (Fsp3) is 0.769. The second-order valence-electron chi connectivity index (χ2n) is 5.33. The summed E-state index contributed by atoms with van der Waals surface area (Å²) in [5, 5.41) is 4.83. The largest absolute Gasteiger partial charge is 0.314 e. The quantitative estimate of drug-likeness (QED) is 0.890. The lowest BCUT2D eigenvalue weighted by atomic mass is 10.1. The van der Waals surface area contributed by atoms with Gasteiger partial charge in [-0.2, -0.15) is 0 Å². The van der Waals surface area contributed by atoms with Gasteiger partial charge in [0.1, 0.15) is 5.01 Å². The molecule has 1 aromatic rings. The van der Waals surface area contributed by atoms with Crippen LogP contribution in [0.4, 0.5) is 0 Å². The first-order valence-corrected chi connectivity index (χ1v) is 7.43. The Balaban J connectivity index is 1.69. The summed E-state index contributed by atoms with van der Waals surface area (Å²) >= 11 is 1.87. The Kier molecular flexibility index (Phi) is 3.19. The van der Waals surface area contributed by atoms with E-state index in [1.54, 1.807) is 0 Å². The normalized spacial score (nSPS) is 26.4. The lowest BCUT2D eigenvalue weighted by molar-refractivity contribution is 0.135. The highest BCUT2D eigenvalue weighted by molar-refractivity contribution is 7.11. The van der Waals surface area contributed by atoms with Gasteiger partial charge in [0.15, 0.2) is 0 Å². The molecule has 1 unspecified atom stereocenters. The molecule has 0 amide bonds. The van der Waals surface area contributed by atoms with Crippen molar-refractivity contribution in [2.24, 2.45) is 5.92 Å². The van der Waals surface area contributed by atoms with Crippen LogP contribution >= 0.6 is 11.3 Å². The van der Waals surface area contributed by atoms with Crippen molar-refractivity contribution in [1.82, 2.24) is 15.2 Å². The van der Waals surface area contributed by atoms with Crippen LogP contribution in [0.5, 0.6) is 0 Å². The van der Waals surface area contributed by atoms with Crippen LogP contribution in [0.15, 0.2) is 0 Å². The molecule has 94 valence electrons. The first kappa shape index (κ1) is 11.6. The van der Waals surface area contributed by atoms with Gasteiger partial charge in [0, 0.05) is 30.6 Å². The number of aryl methyl sites for hydroxylation is 2. The van der Waals surface area contributed by atoms with E-state index in [0.29, 0.717) is 0 Å². The first-order chi connectivity index (χ1) is 8.24. The van der Waals surface area contributed by atoms with Crippen molar-refractivity contribution >= 4 is 11.3 Å². The minimum atomic E-state index is 0.758. The topological polar surface area (TPSA) is 28.2 Å². The summed E-state index contributed by atoms with van der Waals surface area (Å²) in [7, 11) is 0. The molecular formula is C13H21N3S. The molecule has 3 nitrogen and oxygen atoms in total. The van der Waals surface area contributed by atoms with Gasteiger partial charge in [-0.15, -0.1) is 11.3 Å². The Bertz CT molecular complexity index is 378. The number of rotatable bonds is 3. The third kappa shape index (κ3) is 2.54. The molecule has 0 bridgehead atoms. The maximum atomic E-state index is 4.67. The van der Waals surface area contributed by atoms with Gasteiger partial charge in [-0.05, 0) is 32.6 Å². The summed E-state index contributed by atoms with van der Waals surface area (Å²) in [4.78, 5) is 8.69. The van der Waals surface area contributed by atoms with Crippen molar-refractivity contribution in [2.45, 2.75) is 39.3 Å². The molecule has 3 rings (SSSR count). The van der Waals surface area contributed by atoms with E-state index in [4.69, 9.17) is 0 Å². The van der Waals surface area contributed by atoms with Crippen LogP contribution in [0.3, 0.4) is 0 Å². The summed E-state index contributed by atoms with van der Waals surface area (Å²) in [6.07, 6.45) is 2.86.